The molecule has 3 heteroatoms. The van der Waals surface area contributed by atoms with Crippen molar-refractivity contribution in [2.45, 2.75) is 53.0 Å². The van der Waals surface area contributed by atoms with Crippen LogP contribution in [0.15, 0.2) is 6.07 Å². The second-order valence-corrected chi connectivity index (χ2v) is 5.56. The molecule has 17 heavy (non-hydrogen) atoms. The van der Waals surface area contributed by atoms with Gasteiger partial charge >= 0.3 is 0 Å². The molecule has 0 spiro atoms. The highest BCUT2D eigenvalue weighted by Gasteiger charge is 2.44. The Morgan fingerprint density at radius 3 is 2.59 bits per heavy atom. The molecule has 0 amide bonds. The lowest BCUT2D eigenvalue weighted by Crippen LogP contribution is -2.36. The highest BCUT2D eigenvalue weighted by atomic mass is 15.2. The maximum Gasteiger partial charge on any atom is 0.132 e. The summed E-state index contributed by atoms with van der Waals surface area (Å²) in [5.41, 5.74) is 1.62. The van der Waals surface area contributed by atoms with Crippen molar-refractivity contribution >= 4 is 5.82 Å². The van der Waals surface area contributed by atoms with Gasteiger partial charge in [-0.2, -0.15) is 0 Å². The molecule has 94 valence electrons. The third-order valence-electron chi connectivity index (χ3n) is 4.23. The van der Waals surface area contributed by atoms with Crippen LogP contribution in [0.2, 0.25) is 0 Å². The molecular weight excluding hydrogens is 210 g/mol. The van der Waals surface area contributed by atoms with Gasteiger partial charge in [0.15, 0.2) is 0 Å². The zero-order chi connectivity index (χ0) is 12.6. The van der Waals surface area contributed by atoms with Crippen molar-refractivity contribution in [2.24, 2.45) is 5.41 Å². The van der Waals surface area contributed by atoms with Crippen LogP contribution in [-0.4, -0.2) is 23.1 Å². The standard InChI is InChI=1S/C14H23N3/c1-6-12-9-13(16-11(3)15-12)17(5)10(2)14(4)7-8-14/h9-10H,6-8H2,1-5H3. The molecule has 2 rings (SSSR count). The van der Waals surface area contributed by atoms with E-state index in [-0.39, 0.29) is 0 Å². The van der Waals surface area contributed by atoms with Crippen LogP contribution in [0, 0.1) is 12.3 Å². The maximum atomic E-state index is 4.56. The van der Waals surface area contributed by atoms with Crippen LogP contribution in [-0.2, 0) is 6.42 Å². The maximum absolute atomic E-state index is 4.56. The van der Waals surface area contributed by atoms with Crippen molar-refractivity contribution in [3.05, 3.63) is 17.6 Å². The van der Waals surface area contributed by atoms with Gasteiger partial charge < -0.3 is 4.90 Å². The monoisotopic (exact) mass is 233 g/mol. The summed E-state index contributed by atoms with van der Waals surface area (Å²) >= 11 is 0. The zero-order valence-electron chi connectivity index (χ0n) is 11.6. The van der Waals surface area contributed by atoms with Crippen LogP contribution < -0.4 is 4.90 Å². The van der Waals surface area contributed by atoms with Gasteiger partial charge in [0.25, 0.3) is 0 Å². The number of aryl methyl sites for hydroxylation is 2. The highest BCUT2D eigenvalue weighted by Crippen LogP contribution is 2.50. The van der Waals surface area contributed by atoms with Crippen LogP contribution in [0.25, 0.3) is 0 Å². The number of rotatable bonds is 4. The average molecular weight is 233 g/mol. The quantitative estimate of drug-likeness (QED) is 0.800. The molecule has 1 saturated carbocycles. The van der Waals surface area contributed by atoms with E-state index in [2.05, 4.69) is 48.8 Å². The number of nitrogens with zero attached hydrogens (tertiary/aromatic N) is 3. The first-order valence-electron chi connectivity index (χ1n) is 6.53. The van der Waals surface area contributed by atoms with Crippen LogP contribution in [0.3, 0.4) is 0 Å². The van der Waals surface area contributed by atoms with E-state index in [1.165, 1.54) is 12.8 Å². The van der Waals surface area contributed by atoms with Gasteiger partial charge in [-0.1, -0.05) is 13.8 Å². The minimum absolute atomic E-state index is 0.486. The van der Waals surface area contributed by atoms with Gasteiger partial charge in [-0.3, -0.25) is 0 Å². The molecule has 1 aromatic rings. The Bertz CT molecular complexity index is 410. The summed E-state index contributed by atoms with van der Waals surface area (Å²) in [6.45, 7) is 8.77. The Hall–Kier alpha value is -1.12. The van der Waals surface area contributed by atoms with Gasteiger partial charge in [0.05, 0.1) is 0 Å². The summed E-state index contributed by atoms with van der Waals surface area (Å²) in [5.74, 6) is 1.94. The average Bonchev–Trinajstić information content (AvgIpc) is 3.05. The first kappa shape index (κ1) is 12.3. The summed E-state index contributed by atoms with van der Waals surface area (Å²) in [6, 6.07) is 2.66. The van der Waals surface area contributed by atoms with Crippen molar-refractivity contribution < 1.29 is 0 Å². The first-order valence-corrected chi connectivity index (χ1v) is 6.53. The van der Waals surface area contributed by atoms with Crippen LogP contribution in [0.5, 0.6) is 0 Å². The van der Waals surface area contributed by atoms with E-state index in [0.29, 0.717) is 11.5 Å². The van der Waals surface area contributed by atoms with E-state index in [4.69, 9.17) is 0 Å². The molecule has 0 bridgehead atoms. The molecule has 0 radical (unpaired) electrons. The topological polar surface area (TPSA) is 29.0 Å². The van der Waals surface area contributed by atoms with E-state index in [0.717, 1.165) is 23.8 Å². The fraction of sp³-hybridized carbons (Fsp3) is 0.714. The Balaban J connectivity index is 2.23. The fourth-order valence-electron chi connectivity index (χ4n) is 2.25. The third-order valence-corrected chi connectivity index (χ3v) is 4.23. The van der Waals surface area contributed by atoms with Crippen molar-refractivity contribution in [3.63, 3.8) is 0 Å². The molecule has 1 aliphatic carbocycles. The summed E-state index contributed by atoms with van der Waals surface area (Å²) < 4.78 is 0. The van der Waals surface area contributed by atoms with Crippen LogP contribution >= 0.6 is 0 Å². The molecule has 1 fully saturated rings. The van der Waals surface area contributed by atoms with E-state index in [9.17, 15) is 0 Å². The summed E-state index contributed by atoms with van der Waals surface area (Å²) in [6.07, 6.45) is 3.64. The van der Waals surface area contributed by atoms with Gasteiger partial charge in [0.2, 0.25) is 0 Å². The molecule has 0 aliphatic heterocycles. The Morgan fingerprint density at radius 2 is 2.06 bits per heavy atom. The lowest BCUT2D eigenvalue weighted by molar-refractivity contribution is 0.444. The normalized spacial score (nSPS) is 18.9. The number of hydrogen-bond acceptors (Lipinski definition) is 3. The van der Waals surface area contributed by atoms with E-state index < -0.39 is 0 Å². The van der Waals surface area contributed by atoms with Crippen LogP contribution in [0.4, 0.5) is 5.82 Å². The SMILES string of the molecule is CCc1cc(N(C)C(C)C2(C)CC2)nc(C)n1. The minimum Gasteiger partial charge on any atom is -0.356 e. The number of hydrogen-bond donors (Lipinski definition) is 0. The largest absolute Gasteiger partial charge is 0.356 e. The molecule has 3 nitrogen and oxygen atoms in total. The van der Waals surface area contributed by atoms with E-state index in [1.807, 2.05) is 6.92 Å². The van der Waals surface area contributed by atoms with E-state index in [1.54, 1.807) is 0 Å². The van der Waals surface area contributed by atoms with Crippen molar-refractivity contribution in [3.8, 4) is 0 Å². The Morgan fingerprint density at radius 1 is 1.41 bits per heavy atom. The molecule has 0 aromatic carbocycles. The molecule has 1 aliphatic rings. The highest BCUT2D eigenvalue weighted by molar-refractivity contribution is 5.41. The molecule has 0 N–H and O–H groups in total. The molecule has 1 unspecified atom stereocenters. The lowest BCUT2D eigenvalue weighted by atomic mass is 9.99. The Labute approximate surface area is 104 Å². The van der Waals surface area contributed by atoms with E-state index >= 15 is 0 Å². The van der Waals surface area contributed by atoms with Gasteiger partial charge in [-0.25, -0.2) is 9.97 Å². The third kappa shape index (κ3) is 2.43. The summed E-state index contributed by atoms with van der Waals surface area (Å²) in [7, 11) is 2.15. The summed E-state index contributed by atoms with van der Waals surface area (Å²) in [4.78, 5) is 11.3. The smallest absolute Gasteiger partial charge is 0.132 e. The van der Waals surface area contributed by atoms with Crippen molar-refractivity contribution in [1.82, 2.24) is 9.97 Å². The molecule has 1 atom stereocenters. The second kappa shape index (κ2) is 4.28. The number of aromatic nitrogens is 2. The van der Waals surface area contributed by atoms with Crippen LogP contribution in [0.1, 0.15) is 45.1 Å². The van der Waals surface area contributed by atoms with Gasteiger partial charge in [0, 0.05) is 24.8 Å². The predicted molar refractivity (Wildman–Crippen MR) is 71.4 cm³/mol. The van der Waals surface area contributed by atoms with Crippen molar-refractivity contribution in [2.75, 3.05) is 11.9 Å². The Kier molecular flexibility index (Phi) is 3.11. The lowest BCUT2D eigenvalue weighted by Gasteiger charge is -2.31. The van der Waals surface area contributed by atoms with Gasteiger partial charge in [0.1, 0.15) is 11.6 Å². The summed E-state index contributed by atoms with van der Waals surface area (Å²) in [5, 5.41) is 0. The molecule has 1 aromatic heterocycles. The fourth-order valence-corrected chi connectivity index (χ4v) is 2.25. The molecular formula is C14H23N3. The number of anilines is 1. The predicted octanol–water partition coefficient (Wildman–Crippen LogP) is 2.97. The zero-order valence-corrected chi connectivity index (χ0v) is 11.6. The molecule has 0 saturated heterocycles. The van der Waals surface area contributed by atoms with Gasteiger partial charge in [-0.15, -0.1) is 0 Å². The second-order valence-electron chi connectivity index (χ2n) is 5.56. The minimum atomic E-state index is 0.486. The molecule has 1 heterocycles. The first-order chi connectivity index (χ1) is 7.96. The van der Waals surface area contributed by atoms with Gasteiger partial charge in [-0.05, 0) is 38.5 Å². The van der Waals surface area contributed by atoms with Crippen molar-refractivity contribution in [1.29, 1.82) is 0 Å².